The number of hydrogen-bond acceptors (Lipinski definition) is 5. The minimum atomic E-state index is -3.86. The number of nitrogens with one attached hydrogen (secondary N) is 1. The van der Waals surface area contributed by atoms with Gasteiger partial charge in [0.2, 0.25) is 10.0 Å². The number of anilines is 1. The first-order chi connectivity index (χ1) is 15.8. The number of sulfonamides is 1. The van der Waals surface area contributed by atoms with Gasteiger partial charge in [-0.1, -0.05) is 12.1 Å². The van der Waals surface area contributed by atoms with Gasteiger partial charge >= 0.3 is 0 Å². The number of carbonyl (C=O) groups excluding carboxylic acids is 1. The van der Waals surface area contributed by atoms with Crippen molar-refractivity contribution in [2.24, 2.45) is 0 Å². The van der Waals surface area contributed by atoms with Gasteiger partial charge in [0, 0.05) is 30.4 Å². The second-order valence-electron chi connectivity index (χ2n) is 7.52. The Bertz CT molecular complexity index is 1290. The minimum Gasteiger partial charge on any atom is -0.497 e. The molecule has 0 aliphatic carbocycles. The Balaban J connectivity index is 1.50. The zero-order valence-corrected chi connectivity index (χ0v) is 19.0. The summed E-state index contributed by atoms with van der Waals surface area (Å²) in [6.45, 7) is 0.573. The monoisotopic (exact) mass is 470 g/mol. The lowest BCUT2D eigenvalue weighted by atomic mass is 10.1. The van der Waals surface area contributed by atoms with E-state index >= 15 is 0 Å². The van der Waals surface area contributed by atoms with E-state index in [0.29, 0.717) is 24.3 Å². The molecule has 0 radical (unpaired) electrons. The van der Waals surface area contributed by atoms with Crippen molar-refractivity contribution in [1.29, 1.82) is 0 Å². The molecule has 1 aliphatic heterocycles. The van der Waals surface area contributed by atoms with Crippen LogP contribution in [0.15, 0.2) is 65.6 Å². The predicted octanol–water partition coefficient (Wildman–Crippen LogP) is 3.52. The van der Waals surface area contributed by atoms with Crippen LogP contribution in [0.1, 0.15) is 21.5 Å². The SMILES string of the molecule is COc1ccc(OC)c(S(=O)(=O)NCc2ccc3c(c2)CCN3C(=O)c2ccc(F)cc2)c1. The van der Waals surface area contributed by atoms with Crippen LogP contribution in [0.25, 0.3) is 0 Å². The molecule has 1 aliphatic rings. The smallest absolute Gasteiger partial charge is 0.258 e. The lowest BCUT2D eigenvalue weighted by Gasteiger charge is -2.18. The average Bonchev–Trinajstić information content (AvgIpc) is 3.25. The van der Waals surface area contributed by atoms with Crippen LogP contribution in [-0.2, 0) is 23.0 Å². The summed E-state index contributed by atoms with van der Waals surface area (Å²) in [5, 5.41) is 0. The molecule has 3 aromatic carbocycles. The number of rotatable bonds is 7. The molecule has 1 heterocycles. The fraction of sp³-hybridized carbons (Fsp3) is 0.208. The molecule has 0 atom stereocenters. The predicted molar refractivity (Wildman–Crippen MR) is 122 cm³/mol. The molecule has 1 N–H and O–H groups in total. The molecule has 0 aromatic heterocycles. The van der Waals surface area contributed by atoms with Gasteiger partial charge in [-0.25, -0.2) is 17.5 Å². The summed E-state index contributed by atoms with van der Waals surface area (Å²) in [4.78, 5) is 14.5. The minimum absolute atomic E-state index is 0.0124. The van der Waals surface area contributed by atoms with E-state index in [1.807, 2.05) is 6.07 Å². The van der Waals surface area contributed by atoms with Crippen molar-refractivity contribution < 1.29 is 27.1 Å². The largest absolute Gasteiger partial charge is 0.497 e. The molecule has 0 bridgehead atoms. The highest BCUT2D eigenvalue weighted by Crippen LogP contribution is 2.31. The number of halogens is 1. The van der Waals surface area contributed by atoms with Crippen LogP contribution in [0.5, 0.6) is 11.5 Å². The number of fused-ring (bicyclic) bond motifs is 1. The van der Waals surface area contributed by atoms with E-state index in [-0.39, 0.29) is 23.1 Å². The number of methoxy groups -OCH3 is 2. The van der Waals surface area contributed by atoms with Crippen molar-refractivity contribution in [3.8, 4) is 11.5 Å². The first-order valence-corrected chi connectivity index (χ1v) is 11.7. The van der Waals surface area contributed by atoms with Crippen molar-refractivity contribution in [3.63, 3.8) is 0 Å². The Hall–Kier alpha value is -3.43. The van der Waals surface area contributed by atoms with Gasteiger partial charge < -0.3 is 14.4 Å². The summed E-state index contributed by atoms with van der Waals surface area (Å²) in [5.74, 6) is 0.0196. The van der Waals surface area contributed by atoms with Gasteiger partial charge in [0.05, 0.1) is 14.2 Å². The van der Waals surface area contributed by atoms with E-state index in [2.05, 4.69) is 4.72 Å². The molecule has 0 spiro atoms. The number of nitrogens with zero attached hydrogens (tertiary/aromatic N) is 1. The normalized spacial score (nSPS) is 13.0. The van der Waals surface area contributed by atoms with Gasteiger partial charge in [-0.05, 0) is 60.0 Å². The quantitative estimate of drug-likeness (QED) is 0.571. The number of benzene rings is 3. The number of carbonyl (C=O) groups is 1. The summed E-state index contributed by atoms with van der Waals surface area (Å²) in [6, 6.07) is 15.5. The summed E-state index contributed by atoms with van der Waals surface area (Å²) < 4.78 is 51.8. The van der Waals surface area contributed by atoms with E-state index in [4.69, 9.17) is 9.47 Å². The maximum Gasteiger partial charge on any atom is 0.258 e. The van der Waals surface area contributed by atoms with Crippen LogP contribution in [0.3, 0.4) is 0 Å². The van der Waals surface area contributed by atoms with Gasteiger partial charge in [0.25, 0.3) is 5.91 Å². The van der Waals surface area contributed by atoms with Gasteiger partial charge in [-0.2, -0.15) is 0 Å². The average molecular weight is 471 g/mol. The van der Waals surface area contributed by atoms with Crippen molar-refractivity contribution in [1.82, 2.24) is 4.72 Å². The molecule has 33 heavy (non-hydrogen) atoms. The molecule has 4 rings (SSSR count). The van der Waals surface area contributed by atoms with E-state index in [0.717, 1.165) is 16.8 Å². The third kappa shape index (κ3) is 4.69. The maximum absolute atomic E-state index is 13.2. The molecule has 7 nitrogen and oxygen atoms in total. The standard InChI is InChI=1S/C24H23FN2O5S/c1-31-20-8-10-22(32-2)23(14-20)33(29,30)26-15-16-3-9-21-18(13-16)11-12-27(21)24(28)17-4-6-19(25)7-5-17/h3-10,13-14,26H,11-12,15H2,1-2H3. The Morgan fingerprint density at radius 2 is 1.79 bits per heavy atom. The van der Waals surface area contributed by atoms with Crippen LogP contribution >= 0.6 is 0 Å². The maximum atomic E-state index is 13.2. The lowest BCUT2D eigenvalue weighted by Crippen LogP contribution is -2.28. The second kappa shape index (κ2) is 9.21. The van der Waals surface area contributed by atoms with Gasteiger partial charge in [0.1, 0.15) is 22.2 Å². The lowest BCUT2D eigenvalue weighted by molar-refractivity contribution is 0.0989. The van der Waals surface area contributed by atoms with Crippen molar-refractivity contribution in [2.75, 3.05) is 25.7 Å². The highest BCUT2D eigenvalue weighted by molar-refractivity contribution is 7.89. The number of amides is 1. The van der Waals surface area contributed by atoms with Crippen LogP contribution in [0.2, 0.25) is 0 Å². The Labute approximate surface area is 191 Å². The van der Waals surface area contributed by atoms with E-state index in [1.54, 1.807) is 23.1 Å². The molecule has 9 heteroatoms. The third-order valence-electron chi connectivity index (χ3n) is 5.50. The van der Waals surface area contributed by atoms with Crippen LogP contribution in [-0.4, -0.2) is 35.1 Å². The van der Waals surface area contributed by atoms with Crippen molar-refractivity contribution in [2.45, 2.75) is 17.9 Å². The van der Waals surface area contributed by atoms with E-state index in [1.165, 1.54) is 50.6 Å². The van der Waals surface area contributed by atoms with E-state index in [9.17, 15) is 17.6 Å². The van der Waals surface area contributed by atoms with Gasteiger partial charge in [0.15, 0.2) is 0 Å². The molecule has 0 unspecified atom stereocenters. The molecule has 1 amide bonds. The number of ether oxygens (including phenoxy) is 2. The van der Waals surface area contributed by atoms with Crippen molar-refractivity contribution in [3.05, 3.63) is 83.2 Å². The van der Waals surface area contributed by atoms with Crippen LogP contribution in [0.4, 0.5) is 10.1 Å². The highest BCUT2D eigenvalue weighted by atomic mass is 32.2. The zero-order chi connectivity index (χ0) is 23.6. The van der Waals surface area contributed by atoms with Crippen LogP contribution in [0, 0.1) is 5.82 Å². The highest BCUT2D eigenvalue weighted by Gasteiger charge is 2.26. The van der Waals surface area contributed by atoms with E-state index < -0.39 is 15.8 Å². The van der Waals surface area contributed by atoms with Gasteiger partial charge in [-0.3, -0.25) is 4.79 Å². The fourth-order valence-corrected chi connectivity index (χ4v) is 4.97. The fourth-order valence-electron chi connectivity index (χ4n) is 3.77. The molecule has 0 fully saturated rings. The second-order valence-corrected chi connectivity index (χ2v) is 9.25. The third-order valence-corrected chi connectivity index (χ3v) is 6.92. The molecule has 3 aromatic rings. The first kappa shape index (κ1) is 22.8. The topological polar surface area (TPSA) is 84.9 Å². The number of hydrogen-bond donors (Lipinski definition) is 1. The molecule has 0 saturated heterocycles. The summed E-state index contributed by atoms with van der Waals surface area (Å²) in [6.07, 6.45) is 0.645. The summed E-state index contributed by atoms with van der Waals surface area (Å²) in [5.41, 5.74) is 2.88. The Kier molecular flexibility index (Phi) is 6.35. The van der Waals surface area contributed by atoms with Crippen molar-refractivity contribution >= 4 is 21.6 Å². The van der Waals surface area contributed by atoms with Gasteiger partial charge in [-0.15, -0.1) is 0 Å². The molecule has 172 valence electrons. The first-order valence-electron chi connectivity index (χ1n) is 10.2. The Morgan fingerprint density at radius 3 is 2.48 bits per heavy atom. The molecular weight excluding hydrogens is 447 g/mol. The summed E-state index contributed by atoms with van der Waals surface area (Å²) in [7, 11) is -1.00. The molecule has 0 saturated carbocycles. The zero-order valence-electron chi connectivity index (χ0n) is 18.2. The molecular formula is C24H23FN2O5S. The summed E-state index contributed by atoms with van der Waals surface area (Å²) >= 11 is 0. The van der Waals surface area contributed by atoms with Crippen LogP contribution < -0.4 is 19.1 Å². The Morgan fingerprint density at radius 1 is 1.03 bits per heavy atom.